The molecule has 1 aromatic carbocycles. The van der Waals surface area contributed by atoms with Crippen molar-refractivity contribution in [2.24, 2.45) is 5.92 Å². The molecule has 1 aromatic rings. The van der Waals surface area contributed by atoms with Gasteiger partial charge in [-0.15, -0.1) is 0 Å². The van der Waals surface area contributed by atoms with E-state index in [9.17, 15) is 9.90 Å². The van der Waals surface area contributed by atoms with Crippen LogP contribution in [-0.4, -0.2) is 23.7 Å². The van der Waals surface area contributed by atoms with Crippen molar-refractivity contribution < 1.29 is 9.90 Å². The van der Waals surface area contributed by atoms with Gasteiger partial charge in [-0.05, 0) is 43.5 Å². The van der Waals surface area contributed by atoms with Crippen molar-refractivity contribution >= 4 is 5.91 Å². The Labute approximate surface area is 107 Å². The summed E-state index contributed by atoms with van der Waals surface area (Å²) in [5.74, 6) is 0.0734. The Morgan fingerprint density at radius 3 is 2.50 bits per heavy atom. The molecular weight excluding hydrogens is 228 g/mol. The summed E-state index contributed by atoms with van der Waals surface area (Å²) >= 11 is 0. The van der Waals surface area contributed by atoms with Crippen LogP contribution in [0.25, 0.3) is 0 Å². The molecule has 0 bridgehead atoms. The first-order valence-electron chi connectivity index (χ1n) is 5.99. The number of benzene rings is 1. The Hall–Kier alpha value is -1.86. The summed E-state index contributed by atoms with van der Waals surface area (Å²) in [4.78, 5) is 11.8. The molecule has 2 unspecified atom stereocenters. The zero-order chi connectivity index (χ0) is 13.5. The molecule has 4 nitrogen and oxygen atoms in total. The summed E-state index contributed by atoms with van der Waals surface area (Å²) in [6.07, 6.45) is 0.306. The average Bonchev–Trinajstić information content (AvgIpc) is 2.35. The summed E-state index contributed by atoms with van der Waals surface area (Å²) in [6.45, 7) is 4.24. The van der Waals surface area contributed by atoms with Crippen molar-refractivity contribution in [1.29, 1.82) is 5.26 Å². The Morgan fingerprint density at radius 1 is 1.39 bits per heavy atom. The minimum absolute atomic E-state index is 0.156. The van der Waals surface area contributed by atoms with E-state index in [1.807, 2.05) is 13.0 Å². The molecule has 0 spiro atoms. The van der Waals surface area contributed by atoms with Gasteiger partial charge in [-0.25, -0.2) is 0 Å². The van der Waals surface area contributed by atoms with Crippen LogP contribution in [0.2, 0.25) is 0 Å². The third-order valence-corrected chi connectivity index (χ3v) is 2.63. The molecule has 0 aliphatic carbocycles. The third-order valence-electron chi connectivity index (χ3n) is 2.63. The molecule has 96 valence electrons. The lowest BCUT2D eigenvalue weighted by Gasteiger charge is -2.14. The molecule has 1 amide bonds. The molecule has 0 aromatic heterocycles. The van der Waals surface area contributed by atoms with Gasteiger partial charge in [0.1, 0.15) is 0 Å². The number of carbonyl (C=O) groups excluding carboxylic acids is 1. The van der Waals surface area contributed by atoms with Crippen LogP contribution in [0.1, 0.15) is 36.2 Å². The highest BCUT2D eigenvalue weighted by atomic mass is 16.3. The molecular formula is C14H18N2O2. The standard InChI is InChI=1S/C14H18N2O2/c1-10(7-11(2)17)9-16-14(18)13-5-3-12(8-15)4-6-13/h3-6,10-11,17H,7,9H2,1-2H3,(H,16,18). The smallest absolute Gasteiger partial charge is 0.251 e. The second kappa shape index (κ2) is 6.77. The van der Waals surface area contributed by atoms with Crippen LogP contribution >= 0.6 is 0 Å². The third kappa shape index (κ3) is 4.56. The van der Waals surface area contributed by atoms with E-state index >= 15 is 0 Å². The Balaban J connectivity index is 2.47. The number of aliphatic hydroxyl groups is 1. The van der Waals surface area contributed by atoms with E-state index in [1.54, 1.807) is 31.2 Å². The predicted octanol–water partition coefficient (Wildman–Crippen LogP) is 1.70. The van der Waals surface area contributed by atoms with E-state index in [4.69, 9.17) is 5.26 Å². The number of aliphatic hydroxyl groups excluding tert-OH is 1. The van der Waals surface area contributed by atoms with Gasteiger partial charge < -0.3 is 10.4 Å². The highest BCUT2D eigenvalue weighted by Crippen LogP contribution is 2.06. The number of carbonyl (C=O) groups is 1. The van der Waals surface area contributed by atoms with Gasteiger partial charge in [-0.1, -0.05) is 6.92 Å². The van der Waals surface area contributed by atoms with Crippen LogP contribution in [0.5, 0.6) is 0 Å². The Kier molecular flexibility index (Phi) is 5.34. The fourth-order valence-corrected chi connectivity index (χ4v) is 1.73. The van der Waals surface area contributed by atoms with Crippen molar-refractivity contribution in [3.8, 4) is 6.07 Å². The van der Waals surface area contributed by atoms with E-state index in [-0.39, 0.29) is 17.9 Å². The van der Waals surface area contributed by atoms with E-state index in [1.165, 1.54) is 0 Å². The number of nitriles is 1. The van der Waals surface area contributed by atoms with Gasteiger partial charge in [0.15, 0.2) is 0 Å². The maximum atomic E-state index is 11.8. The van der Waals surface area contributed by atoms with Gasteiger partial charge in [-0.3, -0.25) is 4.79 Å². The van der Waals surface area contributed by atoms with Gasteiger partial charge >= 0.3 is 0 Å². The molecule has 0 saturated heterocycles. The molecule has 0 heterocycles. The van der Waals surface area contributed by atoms with Crippen molar-refractivity contribution in [2.45, 2.75) is 26.4 Å². The zero-order valence-electron chi connectivity index (χ0n) is 10.7. The lowest BCUT2D eigenvalue weighted by Crippen LogP contribution is -2.29. The molecule has 2 N–H and O–H groups in total. The van der Waals surface area contributed by atoms with Crippen LogP contribution in [0, 0.1) is 17.2 Å². The number of hydrogen-bond donors (Lipinski definition) is 2. The van der Waals surface area contributed by atoms with Crippen molar-refractivity contribution in [3.63, 3.8) is 0 Å². The SMILES string of the molecule is CC(O)CC(C)CNC(=O)c1ccc(C#N)cc1. The van der Waals surface area contributed by atoms with Crippen molar-refractivity contribution in [1.82, 2.24) is 5.32 Å². The summed E-state index contributed by atoms with van der Waals surface area (Å²) in [6, 6.07) is 8.51. The molecule has 0 saturated carbocycles. The van der Waals surface area contributed by atoms with Crippen LogP contribution in [0.3, 0.4) is 0 Å². The summed E-state index contributed by atoms with van der Waals surface area (Å²) in [7, 11) is 0. The van der Waals surface area contributed by atoms with Crippen molar-refractivity contribution in [2.75, 3.05) is 6.54 Å². The normalized spacial score (nSPS) is 13.4. The van der Waals surface area contributed by atoms with Gasteiger partial charge in [0, 0.05) is 12.1 Å². The highest BCUT2D eigenvalue weighted by molar-refractivity contribution is 5.94. The second-order valence-corrected chi connectivity index (χ2v) is 4.59. The highest BCUT2D eigenvalue weighted by Gasteiger charge is 2.09. The number of nitrogens with zero attached hydrogens (tertiary/aromatic N) is 1. The van der Waals surface area contributed by atoms with E-state index < -0.39 is 0 Å². The second-order valence-electron chi connectivity index (χ2n) is 4.59. The molecule has 2 atom stereocenters. The fraction of sp³-hybridized carbons (Fsp3) is 0.429. The van der Waals surface area contributed by atoms with Crippen LogP contribution in [0.4, 0.5) is 0 Å². The maximum absolute atomic E-state index is 11.8. The lowest BCUT2D eigenvalue weighted by molar-refractivity contribution is 0.0939. The molecule has 1 rings (SSSR count). The summed E-state index contributed by atoms with van der Waals surface area (Å²) in [5, 5.41) is 20.7. The number of rotatable bonds is 5. The molecule has 0 aliphatic rings. The van der Waals surface area contributed by atoms with Crippen LogP contribution in [0.15, 0.2) is 24.3 Å². The van der Waals surface area contributed by atoms with Gasteiger partial charge in [-0.2, -0.15) is 5.26 Å². The van der Waals surface area contributed by atoms with E-state index in [2.05, 4.69) is 5.32 Å². The van der Waals surface area contributed by atoms with Crippen LogP contribution in [-0.2, 0) is 0 Å². The monoisotopic (exact) mass is 246 g/mol. The van der Waals surface area contributed by atoms with Crippen LogP contribution < -0.4 is 5.32 Å². The number of amides is 1. The summed E-state index contributed by atoms with van der Waals surface area (Å²) in [5.41, 5.74) is 1.08. The first kappa shape index (κ1) is 14.2. The largest absolute Gasteiger partial charge is 0.393 e. The van der Waals surface area contributed by atoms with Crippen molar-refractivity contribution in [3.05, 3.63) is 35.4 Å². The lowest BCUT2D eigenvalue weighted by atomic mass is 10.0. The quantitative estimate of drug-likeness (QED) is 0.830. The predicted molar refractivity (Wildman–Crippen MR) is 69.0 cm³/mol. The zero-order valence-corrected chi connectivity index (χ0v) is 10.7. The topological polar surface area (TPSA) is 73.1 Å². The number of hydrogen-bond acceptors (Lipinski definition) is 3. The summed E-state index contributed by atoms with van der Waals surface area (Å²) < 4.78 is 0. The first-order chi connectivity index (χ1) is 8.52. The van der Waals surface area contributed by atoms with Gasteiger partial charge in [0.2, 0.25) is 0 Å². The average molecular weight is 246 g/mol. The minimum atomic E-state index is -0.355. The Bertz CT molecular complexity index is 432. The molecule has 18 heavy (non-hydrogen) atoms. The number of nitrogens with one attached hydrogen (secondary N) is 1. The Morgan fingerprint density at radius 2 is 2.00 bits per heavy atom. The van der Waals surface area contributed by atoms with E-state index in [0.717, 1.165) is 0 Å². The van der Waals surface area contributed by atoms with Gasteiger partial charge in [0.05, 0.1) is 17.7 Å². The maximum Gasteiger partial charge on any atom is 0.251 e. The van der Waals surface area contributed by atoms with E-state index in [0.29, 0.717) is 24.1 Å². The molecule has 0 aliphatic heterocycles. The first-order valence-corrected chi connectivity index (χ1v) is 5.99. The molecule has 0 fully saturated rings. The minimum Gasteiger partial charge on any atom is -0.393 e. The van der Waals surface area contributed by atoms with Gasteiger partial charge in [0.25, 0.3) is 5.91 Å². The molecule has 0 radical (unpaired) electrons. The molecule has 4 heteroatoms. The fourth-order valence-electron chi connectivity index (χ4n) is 1.73.